The van der Waals surface area contributed by atoms with Crippen LogP contribution in [0.25, 0.3) is 0 Å². The molecule has 1 atom stereocenters. The average molecular weight is 274 g/mol. The Balaban J connectivity index is 2.16. The van der Waals surface area contributed by atoms with Crippen LogP contribution in [-0.4, -0.2) is 56.6 Å². The molecule has 0 spiro atoms. The van der Waals surface area contributed by atoms with Crippen LogP contribution >= 0.6 is 12.2 Å². The first-order valence-corrected chi connectivity index (χ1v) is 7.28. The molecule has 0 aliphatic carbocycles. The zero-order valence-electron chi connectivity index (χ0n) is 11.6. The van der Waals surface area contributed by atoms with Crippen LogP contribution in [0.5, 0.6) is 0 Å². The molecule has 1 heterocycles. The van der Waals surface area contributed by atoms with Crippen molar-refractivity contribution in [1.29, 1.82) is 0 Å². The van der Waals surface area contributed by atoms with E-state index in [0.717, 1.165) is 51.0 Å². The van der Waals surface area contributed by atoms with E-state index in [-0.39, 0.29) is 0 Å². The standard InChI is InChI=1S/C13H26N2O2S/c1-3-17-9-5-7-14-13(18)15-8-4-6-12(10-15)11-16-2/h12H,3-11H2,1-2H3,(H,14,18). The summed E-state index contributed by atoms with van der Waals surface area (Å²) in [4.78, 5) is 2.27. The third-order valence-corrected chi connectivity index (χ3v) is 3.56. The predicted octanol–water partition coefficient (Wildman–Crippen LogP) is 1.65. The Morgan fingerprint density at radius 3 is 3.06 bits per heavy atom. The van der Waals surface area contributed by atoms with Crippen molar-refractivity contribution in [3.8, 4) is 0 Å². The molecule has 1 fully saturated rings. The van der Waals surface area contributed by atoms with Crippen LogP contribution in [-0.2, 0) is 9.47 Å². The second kappa shape index (κ2) is 9.53. The van der Waals surface area contributed by atoms with Gasteiger partial charge in [0.2, 0.25) is 0 Å². The number of piperidine rings is 1. The molecule has 0 aromatic heterocycles. The quantitative estimate of drug-likeness (QED) is 0.564. The first kappa shape index (κ1) is 15.7. The van der Waals surface area contributed by atoms with Gasteiger partial charge in [-0.3, -0.25) is 0 Å². The van der Waals surface area contributed by atoms with Crippen molar-refractivity contribution in [1.82, 2.24) is 10.2 Å². The largest absolute Gasteiger partial charge is 0.384 e. The van der Waals surface area contributed by atoms with Gasteiger partial charge in [-0.2, -0.15) is 0 Å². The zero-order valence-corrected chi connectivity index (χ0v) is 12.4. The van der Waals surface area contributed by atoms with Gasteiger partial charge in [-0.15, -0.1) is 0 Å². The number of rotatable bonds is 7. The molecule has 0 saturated carbocycles. The molecular weight excluding hydrogens is 248 g/mol. The summed E-state index contributed by atoms with van der Waals surface area (Å²) in [5, 5.41) is 4.19. The van der Waals surface area contributed by atoms with Gasteiger partial charge in [0.25, 0.3) is 0 Å². The number of hydrogen-bond acceptors (Lipinski definition) is 3. The van der Waals surface area contributed by atoms with Crippen molar-refractivity contribution in [2.45, 2.75) is 26.2 Å². The topological polar surface area (TPSA) is 33.7 Å². The van der Waals surface area contributed by atoms with Crippen molar-refractivity contribution in [3.63, 3.8) is 0 Å². The van der Waals surface area contributed by atoms with E-state index in [1.807, 2.05) is 6.92 Å². The fourth-order valence-corrected chi connectivity index (χ4v) is 2.51. The van der Waals surface area contributed by atoms with E-state index in [9.17, 15) is 0 Å². The van der Waals surface area contributed by atoms with Crippen molar-refractivity contribution >= 4 is 17.3 Å². The highest BCUT2D eigenvalue weighted by Gasteiger charge is 2.21. The Bertz CT molecular complexity index is 237. The maximum atomic E-state index is 5.42. The van der Waals surface area contributed by atoms with Gasteiger partial charge in [-0.1, -0.05) is 0 Å². The Kier molecular flexibility index (Phi) is 8.29. The summed E-state index contributed by atoms with van der Waals surface area (Å²) in [7, 11) is 1.77. The Hall–Kier alpha value is -0.390. The minimum Gasteiger partial charge on any atom is -0.384 e. The molecular formula is C13H26N2O2S. The molecule has 0 aromatic carbocycles. The highest BCUT2D eigenvalue weighted by atomic mass is 32.1. The SMILES string of the molecule is CCOCCCNC(=S)N1CCCC(COC)C1. The lowest BCUT2D eigenvalue weighted by atomic mass is 9.99. The van der Waals surface area contributed by atoms with E-state index in [0.29, 0.717) is 5.92 Å². The molecule has 1 N–H and O–H groups in total. The van der Waals surface area contributed by atoms with Crippen LogP contribution in [0.4, 0.5) is 0 Å². The Labute approximate surface area is 116 Å². The van der Waals surface area contributed by atoms with Crippen LogP contribution in [0.3, 0.4) is 0 Å². The fraction of sp³-hybridized carbons (Fsp3) is 0.923. The van der Waals surface area contributed by atoms with Gasteiger partial charge in [0.1, 0.15) is 0 Å². The van der Waals surface area contributed by atoms with Gasteiger partial charge < -0.3 is 19.7 Å². The van der Waals surface area contributed by atoms with Crippen LogP contribution < -0.4 is 5.32 Å². The lowest BCUT2D eigenvalue weighted by Gasteiger charge is -2.34. The van der Waals surface area contributed by atoms with Gasteiger partial charge >= 0.3 is 0 Å². The summed E-state index contributed by atoms with van der Waals surface area (Å²) >= 11 is 5.42. The molecule has 1 unspecified atom stereocenters. The predicted molar refractivity (Wildman–Crippen MR) is 77.9 cm³/mol. The number of thiocarbonyl (C=S) groups is 1. The van der Waals surface area contributed by atoms with E-state index in [2.05, 4.69) is 10.2 Å². The van der Waals surface area contributed by atoms with Gasteiger partial charge in [-0.05, 0) is 44.3 Å². The van der Waals surface area contributed by atoms with Crippen molar-refractivity contribution in [3.05, 3.63) is 0 Å². The summed E-state index contributed by atoms with van der Waals surface area (Å²) in [6.07, 6.45) is 3.45. The maximum absolute atomic E-state index is 5.42. The number of likely N-dealkylation sites (tertiary alicyclic amines) is 1. The lowest BCUT2D eigenvalue weighted by molar-refractivity contribution is 0.115. The molecule has 106 valence electrons. The number of ether oxygens (including phenoxy) is 2. The van der Waals surface area contributed by atoms with Crippen molar-refractivity contribution in [2.24, 2.45) is 5.92 Å². The summed E-state index contributed by atoms with van der Waals surface area (Å²) in [5.74, 6) is 0.618. The van der Waals surface area contributed by atoms with E-state index in [1.165, 1.54) is 12.8 Å². The van der Waals surface area contributed by atoms with Crippen LogP contribution in [0, 0.1) is 5.92 Å². The molecule has 18 heavy (non-hydrogen) atoms. The molecule has 1 aliphatic heterocycles. The molecule has 1 aliphatic rings. The van der Waals surface area contributed by atoms with Gasteiger partial charge in [0.15, 0.2) is 5.11 Å². The second-order valence-corrected chi connectivity index (χ2v) is 5.08. The van der Waals surface area contributed by atoms with E-state index in [4.69, 9.17) is 21.7 Å². The number of methoxy groups -OCH3 is 1. The molecule has 0 radical (unpaired) electrons. The number of hydrogen-bond donors (Lipinski definition) is 1. The maximum Gasteiger partial charge on any atom is 0.168 e. The van der Waals surface area contributed by atoms with Gasteiger partial charge in [0, 0.05) is 40.0 Å². The minimum absolute atomic E-state index is 0.618. The average Bonchev–Trinajstić information content (AvgIpc) is 2.39. The van der Waals surface area contributed by atoms with Crippen molar-refractivity contribution in [2.75, 3.05) is 46.6 Å². The van der Waals surface area contributed by atoms with E-state index in [1.54, 1.807) is 7.11 Å². The zero-order chi connectivity index (χ0) is 13.2. The van der Waals surface area contributed by atoms with E-state index < -0.39 is 0 Å². The fourth-order valence-electron chi connectivity index (χ4n) is 2.25. The molecule has 0 aromatic rings. The first-order valence-electron chi connectivity index (χ1n) is 6.87. The lowest BCUT2D eigenvalue weighted by Crippen LogP contribution is -2.46. The summed E-state index contributed by atoms with van der Waals surface area (Å²) in [5.41, 5.74) is 0. The minimum atomic E-state index is 0.618. The molecule has 1 rings (SSSR count). The molecule has 0 amide bonds. The van der Waals surface area contributed by atoms with Gasteiger partial charge in [0.05, 0.1) is 6.61 Å². The monoisotopic (exact) mass is 274 g/mol. The molecule has 4 nitrogen and oxygen atoms in total. The normalized spacial score (nSPS) is 19.9. The number of nitrogens with one attached hydrogen (secondary N) is 1. The first-order chi connectivity index (χ1) is 8.77. The number of nitrogens with zero attached hydrogens (tertiary/aromatic N) is 1. The second-order valence-electron chi connectivity index (χ2n) is 4.69. The highest BCUT2D eigenvalue weighted by molar-refractivity contribution is 7.80. The van der Waals surface area contributed by atoms with Crippen LogP contribution in [0.15, 0.2) is 0 Å². The molecule has 0 bridgehead atoms. The summed E-state index contributed by atoms with van der Waals surface area (Å²) in [6.45, 7) is 7.42. The Morgan fingerprint density at radius 2 is 2.33 bits per heavy atom. The van der Waals surface area contributed by atoms with Crippen molar-refractivity contribution < 1.29 is 9.47 Å². The third kappa shape index (κ3) is 5.98. The van der Waals surface area contributed by atoms with E-state index >= 15 is 0 Å². The van der Waals surface area contributed by atoms with Crippen LogP contribution in [0.1, 0.15) is 26.2 Å². The molecule has 5 heteroatoms. The summed E-state index contributed by atoms with van der Waals surface area (Å²) in [6, 6.07) is 0. The smallest absolute Gasteiger partial charge is 0.168 e. The van der Waals surface area contributed by atoms with Gasteiger partial charge in [-0.25, -0.2) is 0 Å². The third-order valence-electron chi connectivity index (χ3n) is 3.15. The Morgan fingerprint density at radius 1 is 1.50 bits per heavy atom. The molecule has 1 saturated heterocycles. The highest BCUT2D eigenvalue weighted by Crippen LogP contribution is 2.16. The summed E-state index contributed by atoms with van der Waals surface area (Å²) < 4.78 is 10.5. The van der Waals surface area contributed by atoms with Crippen LogP contribution in [0.2, 0.25) is 0 Å².